The molecule has 90 valence electrons. The number of halogens is 2. The second-order valence-electron chi connectivity index (χ2n) is 4.61. The third-order valence-electron chi connectivity index (χ3n) is 3.40. The van der Waals surface area contributed by atoms with Crippen molar-refractivity contribution in [1.82, 2.24) is 14.5 Å². The Kier molecular flexibility index (Phi) is 2.87. The molecule has 1 atom stereocenters. The minimum absolute atomic E-state index is 0.436. The number of aromatic nitrogens is 3. The Balaban J connectivity index is 2.18. The summed E-state index contributed by atoms with van der Waals surface area (Å²) in [6.45, 7) is 2.23. The van der Waals surface area contributed by atoms with Crippen LogP contribution in [0.25, 0.3) is 11.2 Å². The average Bonchev–Trinajstić information content (AvgIpc) is 3.09. The molecule has 0 spiro atoms. The van der Waals surface area contributed by atoms with Gasteiger partial charge in [-0.1, -0.05) is 0 Å². The standard InChI is InChI=1S/C12H13BrClN3/c1-7(8-2-3-8)17-11(5-14)16-10-4-9(13)6-15-12(10)17/h4,6-8H,2-3,5H2,1H3. The first-order valence-electron chi connectivity index (χ1n) is 5.79. The number of fused-ring (bicyclic) bond motifs is 1. The van der Waals surface area contributed by atoms with Gasteiger partial charge < -0.3 is 4.57 Å². The van der Waals surface area contributed by atoms with Crippen molar-refractivity contribution in [3.05, 3.63) is 22.6 Å². The first-order chi connectivity index (χ1) is 8.20. The monoisotopic (exact) mass is 313 g/mol. The maximum absolute atomic E-state index is 5.99. The van der Waals surface area contributed by atoms with Gasteiger partial charge in [-0.25, -0.2) is 9.97 Å². The first kappa shape index (κ1) is 11.5. The van der Waals surface area contributed by atoms with Crippen LogP contribution in [-0.2, 0) is 5.88 Å². The van der Waals surface area contributed by atoms with Gasteiger partial charge in [0.05, 0.1) is 5.88 Å². The molecule has 2 aromatic heterocycles. The summed E-state index contributed by atoms with van der Waals surface area (Å²) in [6, 6.07) is 2.44. The molecule has 0 saturated heterocycles. The zero-order chi connectivity index (χ0) is 12.0. The fourth-order valence-corrected chi connectivity index (χ4v) is 2.82. The largest absolute Gasteiger partial charge is 0.309 e. The lowest BCUT2D eigenvalue weighted by Gasteiger charge is -2.15. The molecule has 2 heterocycles. The van der Waals surface area contributed by atoms with Crippen LogP contribution in [0.4, 0.5) is 0 Å². The van der Waals surface area contributed by atoms with E-state index in [0.29, 0.717) is 11.9 Å². The minimum Gasteiger partial charge on any atom is -0.309 e. The third kappa shape index (κ3) is 1.97. The van der Waals surface area contributed by atoms with Crippen LogP contribution >= 0.6 is 27.5 Å². The van der Waals surface area contributed by atoms with E-state index in [9.17, 15) is 0 Å². The highest BCUT2D eigenvalue weighted by atomic mass is 79.9. The zero-order valence-electron chi connectivity index (χ0n) is 9.53. The van der Waals surface area contributed by atoms with Gasteiger partial charge in [0.1, 0.15) is 11.3 Å². The van der Waals surface area contributed by atoms with Crippen molar-refractivity contribution in [3.63, 3.8) is 0 Å². The zero-order valence-corrected chi connectivity index (χ0v) is 11.9. The minimum atomic E-state index is 0.436. The molecule has 2 aromatic rings. The van der Waals surface area contributed by atoms with Crippen molar-refractivity contribution in [3.8, 4) is 0 Å². The van der Waals surface area contributed by atoms with E-state index in [1.807, 2.05) is 12.3 Å². The number of imidazole rings is 1. The maximum atomic E-state index is 5.99. The molecule has 0 amide bonds. The molecule has 0 radical (unpaired) electrons. The molecular formula is C12H13BrClN3. The summed E-state index contributed by atoms with van der Waals surface area (Å²) in [7, 11) is 0. The lowest BCUT2D eigenvalue weighted by Crippen LogP contribution is -2.10. The molecule has 0 bridgehead atoms. The van der Waals surface area contributed by atoms with Crippen LogP contribution in [0, 0.1) is 5.92 Å². The molecule has 17 heavy (non-hydrogen) atoms. The van der Waals surface area contributed by atoms with Crippen molar-refractivity contribution in [2.45, 2.75) is 31.7 Å². The fourth-order valence-electron chi connectivity index (χ4n) is 2.32. The molecule has 1 fully saturated rings. The van der Waals surface area contributed by atoms with E-state index < -0.39 is 0 Å². The van der Waals surface area contributed by atoms with E-state index in [2.05, 4.69) is 37.4 Å². The van der Waals surface area contributed by atoms with Crippen LogP contribution in [-0.4, -0.2) is 14.5 Å². The van der Waals surface area contributed by atoms with Gasteiger partial charge in [-0.2, -0.15) is 0 Å². The SMILES string of the molecule is CC(C1CC1)n1c(CCl)nc2cc(Br)cnc21. The molecule has 0 aliphatic heterocycles. The smallest absolute Gasteiger partial charge is 0.160 e. The highest BCUT2D eigenvalue weighted by Gasteiger charge is 2.31. The van der Waals surface area contributed by atoms with Crippen LogP contribution in [0.1, 0.15) is 31.6 Å². The van der Waals surface area contributed by atoms with Gasteiger partial charge >= 0.3 is 0 Å². The molecule has 1 aliphatic rings. The number of pyridine rings is 1. The van der Waals surface area contributed by atoms with Crippen LogP contribution in [0.5, 0.6) is 0 Å². The Labute approximate surface area is 113 Å². The molecule has 0 N–H and O–H groups in total. The van der Waals surface area contributed by atoms with Gasteiger partial charge in [0.2, 0.25) is 0 Å². The summed E-state index contributed by atoms with van der Waals surface area (Å²) < 4.78 is 3.15. The van der Waals surface area contributed by atoms with Gasteiger partial charge in [-0.3, -0.25) is 0 Å². The average molecular weight is 315 g/mol. The fraction of sp³-hybridized carbons (Fsp3) is 0.500. The second-order valence-corrected chi connectivity index (χ2v) is 5.79. The van der Waals surface area contributed by atoms with E-state index in [0.717, 1.165) is 27.4 Å². The summed E-state index contributed by atoms with van der Waals surface area (Å²) >= 11 is 9.41. The number of nitrogens with zero attached hydrogens (tertiary/aromatic N) is 3. The van der Waals surface area contributed by atoms with Crippen molar-refractivity contribution >= 4 is 38.7 Å². The van der Waals surface area contributed by atoms with E-state index in [1.54, 1.807) is 0 Å². The number of alkyl halides is 1. The maximum Gasteiger partial charge on any atom is 0.160 e. The number of hydrogen-bond donors (Lipinski definition) is 0. The topological polar surface area (TPSA) is 30.7 Å². The van der Waals surface area contributed by atoms with E-state index >= 15 is 0 Å². The summed E-state index contributed by atoms with van der Waals surface area (Å²) in [4.78, 5) is 9.04. The molecule has 0 aromatic carbocycles. The van der Waals surface area contributed by atoms with Crippen molar-refractivity contribution in [1.29, 1.82) is 0 Å². The second kappa shape index (κ2) is 4.25. The lowest BCUT2D eigenvalue weighted by molar-refractivity contribution is 0.483. The Hall–Kier alpha value is -0.610. The Morgan fingerprint density at radius 2 is 2.35 bits per heavy atom. The highest BCUT2D eigenvalue weighted by Crippen LogP contribution is 2.41. The predicted octanol–water partition coefficient (Wildman–Crippen LogP) is 3.90. The van der Waals surface area contributed by atoms with Crippen LogP contribution in [0.15, 0.2) is 16.7 Å². The molecule has 1 unspecified atom stereocenters. The summed E-state index contributed by atoms with van der Waals surface area (Å²) in [5.41, 5.74) is 1.87. The van der Waals surface area contributed by atoms with Crippen molar-refractivity contribution in [2.24, 2.45) is 5.92 Å². The Morgan fingerprint density at radius 1 is 1.59 bits per heavy atom. The third-order valence-corrected chi connectivity index (χ3v) is 4.07. The molecular weight excluding hydrogens is 302 g/mol. The van der Waals surface area contributed by atoms with Crippen LogP contribution in [0.2, 0.25) is 0 Å². The highest BCUT2D eigenvalue weighted by molar-refractivity contribution is 9.10. The summed E-state index contributed by atoms with van der Waals surface area (Å²) in [6.07, 6.45) is 4.43. The van der Waals surface area contributed by atoms with Gasteiger partial charge in [-0.15, -0.1) is 11.6 Å². The van der Waals surface area contributed by atoms with Crippen molar-refractivity contribution < 1.29 is 0 Å². The quantitative estimate of drug-likeness (QED) is 0.804. The van der Waals surface area contributed by atoms with E-state index in [-0.39, 0.29) is 0 Å². The van der Waals surface area contributed by atoms with Crippen molar-refractivity contribution in [2.75, 3.05) is 0 Å². The van der Waals surface area contributed by atoms with Gasteiger partial charge in [-0.05, 0) is 47.7 Å². The number of rotatable bonds is 3. The molecule has 1 saturated carbocycles. The van der Waals surface area contributed by atoms with Gasteiger partial charge in [0.15, 0.2) is 5.65 Å². The van der Waals surface area contributed by atoms with E-state index in [1.165, 1.54) is 12.8 Å². The predicted molar refractivity (Wildman–Crippen MR) is 72.2 cm³/mol. The molecule has 5 heteroatoms. The Bertz CT molecular complexity index is 562. The van der Waals surface area contributed by atoms with Crippen LogP contribution < -0.4 is 0 Å². The molecule has 3 nitrogen and oxygen atoms in total. The van der Waals surface area contributed by atoms with Gasteiger partial charge in [0, 0.05) is 16.7 Å². The summed E-state index contributed by atoms with van der Waals surface area (Å²) in [5, 5.41) is 0. The number of hydrogen-bond acceptors (Lipinski definition) is 2. The molecule has 1 aliphatic carbocycles. The van der Waals surface area contributed by atoms with Gasteiger partial charge in [0.25, 0.3) is 0 Å². The molecule has 3 rings (SSSR count). The first-order valence-corrected chi connectivity index (χ1v) is 7.11. The summed E-state index contributed by atoms with van der Waals surface area (Å²) in [5.74, 6) is 2.12. The lowest BCUT2D eigenvalue weighted by atomic mass is 10.2. The normalized spacial score (nSPS) is 17.6. The van der Waals surface area contributed by atoms with E-state index in [4.69, 9.17) is 11.6 Å². The Morgan fingerprint density at radius 3 is 3.00 bits per heavy atom. The van der Waals surface area contributed by atoms with Crippen LogP contribution in [0.3, 0.4) is 0 Å².